The Hall–Kier alpha value is -6.13. The molecule has 0 bridgehead atoms. The summed E-state index contributed by atoms with van der Waals surface area (Å²) < 4.78 is 0. The highest BCUT2D eigenvalue weighted by molar-refractivity contribution is 6.89. The van der Waals surface area contributed by atoms with Crippen LogP contribution in [0.15, 0.2) is 84.9 Å². The number of hydrogen-bond acceptors (Lipinski definition) is 4. The first-order chi connectivity index (χ1) is 32.2. The number of anilines is 8. The van der Waals surface area contributed by atoms with E-state index in [1.165, 1.54) is 157 Å². The molecule has 4 nitrogen and oxygen atoms in total. The monoisotopic (exact) mass is 887 g/mol. The fourth-order valence-corrected chi connectivity index (χ4v) is 14.0. The highest BCUT2D eigenvalue weighted by atomic mass is 15.3. The van der Waals surface area contributed by atoms with Gasteiger partial charge in [0.15, 0.2) is 0 Å². The Labute approximate surface area is 406 Å². The van der Waals surface area contributed by atoms with Crippen molar-refractivity contribution in [1.29, 1.82) is 0 Å². The van der Waals surface area contributed by atoms with Crippen LogP contribution in [-0.2, 0) is 10.8 Å². The van der Waals surface area contributed by atoms with Gasteiger partial charge in [0, 0.05) is 44.7 Å². The lowest BCUT2D eigenvalue weighted by Gasteiger charge is -2.45. The number of nitrogens with zero attached hydrogens (tertiary/aromatic N) is 4. The van der Waals surface area contributed by atoms with Crippen molar-refractivity contribution in [2.45, 2.75) is 133 Å². The fourth-order valence-electron chi connectivity index (χ4n) is 14.0. The summed E-state index contributed by atoms with van der Waals surface area (Å²) >= 11 is 0. The van der Waals surface area contributed by atoms with Crippen LogP contribution in [0.4, 0.5) is 45.5 Å². The molecule has 0 unspecified atom stereocenters. The van der Waals surface area contributed by atoms with Gasteiger partial charge in [-0.1, -0.05) is 91.8 Å². The number of rotatable bonds is 2. The van der Waals surface area contributed by atoms with E-state index >= 15 is 0 Å². The first-order valence-electron chi connectivity index (χ1n) is 25.4. The van der Waals surface area contributed by atoms with Crippen molar-refractivity contribution in [3.63, 3.8) is 0 Å². The minimum Gasteiger partial charge on any atom is -0.359 e. The van der Waals surface area contributed by atoms with E-state index in [0.29, 0.717) is 11.8 Å². The van der Waals surface area contributed by atoms with E-state index in [-0.39, 0.29) is 24.8 Å². The smallest absolute Gasteiger partial charge is 0.359 e. The summed E-state index contributed by atoms with van der Waals surface area (Å²) in [5, 5.41) is 0. The second-order valence-corrected chi connectivity index (χ2v) is 23.4. The summed E-state index contributed by atoms with van der Waals surface area (Å²) in [5.41, 5.74) is 37.8. The molecule has 7 aromatic carbocycles. The van der Waals surface area contributed by atoms with Crippen LogP contribution in [-0.4, -0.2) is 14.0 Å². The highest BCUT2D eigenvalue weighted by Crippen LogP contribution is 2.64. The normalized spacial score (nSPS) is 16.6. The van der Waals surface area contributed by atoms with Crippen molar-refractivity contribution in [1.82, 2.24) is 0 Å². The molecular formula is C62H64B2N4. The van der Waals surface area contributed by atoms with Gasteiger partial charge in [-0.3, -0.25) is 0 Å². The van der Waals surface area contributed by atoms with E-state index in [4.69, 9.17) is 0 Å². The number of aryl methyl sites for hydroxylation is 6. The topological polar surface area (TPSA) is 13.0 Å². The van der Waals surface area contributed by atoms with Gasteiger partial charge in [-0.2, -0.15) is 0 Å². The van der Waals surface area contributed by atoms with Crippen LogP contribution < -0.4 is 30.2 Å². The predicted molar refractivity (Wildman–Crippen MR) is 293 cm³/mol. The van der Waals surface area contributed by atoms with Crippen molar-refractivity contribution in [3.8, 4) is 22.3 Å². The van der Waals surface area contributed by atoms with Crippen molar-refractivity contribution in [3.05, 3.63) is 163 Å². The largest absolute Gasteiger partial charge is 0.421 e. The van der Waals surface area contributed by atoms with Crippen LogP contribution in [0.25, 0.3) is 22.3 Å². The molecule has 13 rings (SSSR count). The van der Waals surface area contributed by atoms with Gasteiger partial charge >= 0.3 is 14.0 Å². The van der Waals surface area contributed by atoms with Crippen LogP contribution in [0.3, 0.4) is 0 Å². The van der Waals surface area contributed by atoms with Crippen LogP contribution in [0, 0.1) is 55.4 Å². The molecule has 0 radical (unpaired) electrons. The number of hydrogen-bond donors (Lipinski definition) is 0. The van der Waals surface area contributed by atoms with Gasteiger partial charge in [-0.25, -0.2) is 0 Å². The van der Waals surface area contributed by atoms with Crippen LogP contribution in [0.5, 0.6) is 0 Å². The molecule has 0 aromatic heterocycles. The molecular weight excluding hydrogens is 822 g/mol. The second kappa shape index (κ2) is 13.3. The minimum atomic E-state index is -0.184. The third-order valence-corrected chi connectivity index (χ3v) is 18.2. The molecule has 338 valence electrons. The molecule has 0 saturated heterocycles. The lowest BCUT2D eigenvalue weighted by Crippen LogP contribution is -2.60. The first-order valence-corrected chi connectivity index (χ1v) is 25.4. The standard InChI is InChI=1S/C62H64B2N4/c1-31(2)41-17-19-51-47(27-41)61(13,14)57-39(11)37(9)25-55-59(57)67(51)63-49-29-44-46-22-34(6)36(8)24-54(46)66-56-26-38(10)40(12)58-60(56)68(52-20-18-42(32(3)4)28-48(52)62(58,15)16)64(66)50(44)30-43(49)45-21-33(5)35(7)23-53(45)65(55)63/h17-32H,1-16H3. The van der Waals surface area contributed by atoms with Crippen LogP contribution in [0.1, 0.15) is 145 Å². The van der Waals surface area contributed by atoms with Crippen LogP contribution in [0.2, 0.25) is 0 Å². The summed E-state index contributed by atoms with van der Waals surface area (Å²) in [4.78, 5) is 11.0. The quantitative estimate of drug-likeness (QED) is 0.160. The second-order valence-electron chi connectivity index (χ2n) is 23.4. The van der Waals surface area contributed by atoms with Crippen molar-refractivity contribution >= 4 is 70.4 Å². The van der Waals surface area contributed by atoms with E-state index in [1.807, 2.05) is 0 Å². The fraction of sp³-hybridized carbons (Fsp3) is 0.323. The maximum atomic E-state index is 2.76. The van der Waals surface area contributed by atoms with E-state index in [0.717, 1.165) is 0 Å². The molecule has 0 atom stereocenters. The Bertz CT molecular complexity index is 3270. The Kier molecular flexibility index (Phi) is 8.24. The maximum Gasteiger partial charge on any atom is 0.421 e. The zero-order valence-electron chi connectivity index (χ0n) is 43.2. The van der Waals surface area contributed by atoms with E-state index < -0.39 is 0 Å². The highest BCUT2D eigenvalue weighted by Gasteiger charge is 2.57. The lowest BCUT2D eigenvalue weighted by atomic mass is 9.53. The summed E-state index contributed by atoms with van der Waals surface area (Å²) in [7, 11) is 0. The van der Waals surface area contributed by atoms with Crippen LogP contribution >= 0.6 is 0 Å². The molecule has 0 saturated carbocycles. The van der Waals surface area contributed by atoms with Gasteiger partial charge in [0.25, 0.3) is 0 Å². The molecule has 0 aliphatic carbocycles. The van der Waals surface area contributed by atoms with Gasteiger partial charge in [0.1, 0.15) is 0 Å². The Morgan fingerprint density at radius 3 is 1.09 bits per heavy atom. The summed E-state index contributed by atoms with van der Waals surface area (Å²) in [5.74, 6) is 0.878. The summed E-state index contributed by atoms with van der Waals surface area (Å²) in [6.45, 7) is 37.7. The number of benzene rings is 7. The van der Waals surface area contributed by atoms with Gasteiger partial charge in [0.2, 0.25) is 0 Å². The molecule has 68 heavy (non-hydrogen) atoms. The molecule has 6 heteroatoms. The maximum absolute atomic E-state index is 2.76. The molecule has 0 N–H and O–H groups in total. The number of fused-ring (bicyclic) bond motifs is 20. The van der Waals surface area contributed by atoms with Crippen molar-refractivity contribution in [2.24, 2.45) is 0 Å². The van der Waals surface area contributed by atoms with Crippen molar-refractivity contribution in [2.75, 3.05) is 19.2 Å². The molecule has 0 spiro atoms. The average Bonchev–Trinajstić information content (AvgIpc) is 3.80. The molecule has 6 aliphatic heterocycles. The predicted octanol–water partition coefficient (Wildman–Crippen LogP) is 15.0. The Balaban J connectivity index is 1.14. The van der Waals surface area contributed by atoms with Gasteiger partial charge in [-0.15, -0.1) is 0 Å². The zero-order valence-corrected chi connectivity index (χ0v) is 43.2. The Morgan fingerprint density at radius 2 is 0.721 bits per heavy atom. The minimum absolute atomic E-state index is 0.0729. The van der Waals surface area contributed by atoms with Gasteiger partial charge in [-0.05, 0) is 216 Å². The Morgan fingerprint density at radius 1 is 0.368 bits per heavy atom. The summed E-state index contributed by atoms with van der Waals surface area (Å²) in [6.07, 6.45) is 0. The van der Waals surface area contributed by atoms with Gasteiger partial charge in [0.05, 0.1) is 22.7 Å². The SMILES string of the molecule is Cc1cc2c(cc1C)N1B(c3cc4c(cc3-2)B2N(c3cc(C)c(C)cc3-4)c3cc(C)c(C)c4c3N2c2ccc(C(C)C)cc2C4(C)C)N2c3ccc(C(C)C)cc3C(C)(C)c3c(C)c(C)cc1c32. The van der Waals surface area contributed by atoms with E-state index in [9.17, 15) is 0 Å². The lowest BCUT2D eigenvalue weighted by molar-refractivity contribution is 0.626. The zero-order chi connectivity index (χ0) is 47.7. The molecule has 6 aliphatic rings. The third kappa shape index (κ3) is 4.99. The van der Waals surface area contributed by atoms with Gasteiger partial charge < -0.3 is 19.2 Å². The van der Waals surface area contributed by atoms with E-state index in [1.54, 1.807) is 0 Å². The molecule has 0 fully saturated rings. The van der Waals surface area contributed by atoms with E-state index in [2.05, 4.69) is 215 Å². The van der Waals surface area contributed by atoms with Crippen molar-refractivity contribution < 1.29 is 0 Å². The summed E-state index contributed by atoms with van der Waals surface area (Å²) in [6, 6.07) is 35.1. The molecule has 7 aromatic rings. The molecule has 0 amide bonds. The third-order valence-electron chi connectivity index (χ3n) is 18.2. The average molecular weight is 887 g/mol. The first kappa shape index (κ1) is 42.0. The molecule has 6 heterocycles.